The zero-order valence-corrected chi connectivity index (χ0v) is 16.3. The van der Waals surface area contributed by atoms with E-state index in [0.717, 1.165) is 40.9 Å². The van der Waals surface area contributed by atoms with Crippen molar-refractivity contribution in [3.63, 3.8) is 0 Å². The minimum atomic E-state index is 0.627. The Balaban J connectivity index is 1.83. The van der Waals surface area contributed by atoms with Crippen LogP contribution < -0.4 is 19.5 Å². The summed E-state index contributed by atoms with van der Waals surface area (Å²) in [5, 5.41) is 3.43. The molecule has 0 aliphatic heterocycles. The van der Waals surface area contributed by atoms with Crippen LogP contribution in [0.3, 0.4) is 0 Å². The van der Waals surface area contributed by atoms with Crippen molar-refractivity contribution in [2.45, 2.75) is 26.3 Å². The highest BCUT2D eigenvalue weighted by Crippen LogP contribution is 2.36. The maximum absolute atomic E-state index is 5.90. The molecule has 1 aromatic heterocycles. The Morgan fingerprint density at radius 1 is 1.12 bits per heavy atom. The number of rotatable bonds is 11. The second-order valence-electron chi connectivity index (χ2n) is 5.45. The summed E-state index contributed by atoms with van der Waals surface area (Å²) in [5.41, 5.74) is 1.07. The van der Waals surface area contributed by atoms with Gasteiger partial charge in [0.1, 0.15) is 0 Å². The Kier molecular flexibility index (Phi) is 8.55. The van der Waals surface area contributed by atoms with Crippen molar-refractivity contribution in [1.82, 2.24) is 10.3 Å². The Morgan fingerprint density at radius 3 is 2.72 bits per heavy atom. The fraction of sp³-hybridized carbons (Fsp3) is 0.421. The van der Waals surface area contributed by atoms with E-state index in [1.165, 1.54) is 0 Å². The topological polar surface area (TPSA) is 52.6 Å². The molecule has 0 saturated heterocycles. The molecule has 0 aliphatic carbocycles. The lowest BCUT2D eigenvalue weighted by molar-refractivity contribution is 0.288. The fourth-order valence-corrected chi connectivity index (χ4v) is 2.74. The van der Waals surface area contributed by atoms with Crippen molar-refractivity contribution in [2.75, 3.05) is 26.9 Å². The summed E-state index contributed by atoms with van der Waals surface area (Å²) in [5.74, 6) is 2.22. The number of methoxy groups -OCH3 is 1. The van der Waals surface area contributed by atoms with Gasteiger partial charge in [-0.1, -0.05) is 28.9 Å². The van der Waals surface area contributed by atoms with Gasteiger partial charge < -0.3 is 19.5 Å². The normalized spacial score (nSPS) is 10.5. The van der Waals surface area contributed by atoms with E-state index in [-0.39, 0.29) is 0 Å². The Hall–Kier alpha value is -1.79. The lowest BCUT2D eigenvalue weighted by atomic mass is 10.1. The molecule has 1 N–H and O–H groups in total. The number of hydrogen-bond donors (Lipinski definition) is 1. The molecule has 2 aromatic rings. The van der Waals surface area contributed by atoms with Crippen LogP contribution in [-0.4, -0.2) is 31.9 Å². The van der Waals surface area contributed by atoms with Gasteiger partial charge in [-0.05, 0) is 37.6 Å². The molecule has 0 bridgehead atoms. The van der Waals surface area contributed by atoms with E-state index in [1.54, 1.807) is 13.3 Å². The molecule has 136 valence electrons. The average molecular weight is 409 g/mol. The first-order chi connectivity index (χ1) is 12.3. The third-order valence-corrected chi connectivity index (χ3v) is 4.27. The highest BCUT2D eigenvalue weighted by atomic mass is 79.9. The van der Waals surface area contributed by atoms with Crippen LogP contribution in [0.4, 0.5) is 0 Å². The lowest BCUT2D eigenvalue weighted by Crippen LogP contribution is -2.18. The molecule has 25 heavy (non-hydrogen) atoms. The first-order valence-electron chi connectivity index (χ1n) is 8.49. The number of ether oxygens (including phenoxy) is 3. The molecule has 0 saturated carbocycles. The van der Waals surface area contributed by atoms with Crippen LogP contribution in [0.5, 0.6) is 17.4 Å². The van der Waals surface area contributed by atoms with Gasteiger partial charge in [0.15, 0.2) is 11.5 Å². The predicted octanol–water partition coefficient (Wildman–Crippen LogP) is 4.20. The maximum Gasteiger partial charge on any atom is 0.213 e. The van der Waals surface area contributed by atoms with E-state index in [9.17, 15) is 0 Å². The molecule has 0 unspecified atom stereocenters. The number of benzene rings is 1. The first kappa shape index (κ1) is 19.5. The zero-order chi connectivity index (χ0) is 17.9. The highest BCUT2D eigenvalue weighted by molar-refractivity contribution is 9.10. The maximum atomic E-state index is 5.90. The molecule has 0 atom stereocenters. The van der Waals surface area contributed by atoms with Gasteiger partial charge in [0, 0.05) is 28.8 Å². The van der Waals surface area contributed by atoms with Crippen LogP contribution in [0.1, 0.15) is 25.3 Å². The molecular formula is C19H25BrN2O3. The second kappa shape index (κ2) is 10.9. The van der Waals surface area contributed by atoms with Gasteiger partial charge in [-0.25, -0.2) is 4.98 Å². The highest BCUT2D eigenvalue weighted by Gasteiger charge is 2.14. The standard InChI is InChI=1S/C19H25BrN2O3/c1-3-12-25-19-15(16(20)8-9-17(19)23-2)14-21-10-6-13-24-18-7-4-5-11-22-18/h4-5,7-9,11,21H,3,6,10,12-14H2,1-2H3. The molecule has 0 fully saturated rings. The number of aromatic nitrogens is 1. The minimum Gasteiger partial charge on any atom is -0.493 e. The number of halogens is 1. The van der Waals surface area contributed by atoms with Crippen LogP contribution in [0, 0.1) is 0 Å². The molecule has 0 spiro atoms. The monoisotopic (exact) mass is 408 g/mol. The summed E-state index contributed by atoms with van der Waals surface area (Å²) in [4.78, 5) is 4.14. The zero-order valence-electron chi connectivity index (χ0n) is 14.8. The minimum absolute atomic E-state index is 0.627. The third kappa shape index (κ3) is 6.21. The van der Waals surface area contributed by atoms with Crippen molar-refractivity contribution >= 4 is 15.9 Å². The van der Waals surface area contributed by atoms with Gasteiger partial charge >= 0.3 is 0 Å². The van der Waals surface area contributed by atoms with Crippen molar-refractivity contribution in [3.8, 4) is 17.4 Å². The van der Waals surface area contributed by atoms with Gasteiger partial charge in [-0.3, -0.25) is 0 Å². The average Bonchev–Trinajstić information content (AvgIpc) is 2.65. The molecule has 0 amide bonds. The second-order valence-corrected chi connectivity index (χ2v) is 6.31. The molecule has 5 nitrogen and oxygen atoms in total. The third-order valence-electron chi connectivity index (χ3n) is 3.53. The van der Waals surface area contributed by atoms with Crippen LogP contribution in [-0.2, 0) is 6.54 Å². The summed E-state index contributed by atoms with van der Waals surface area (Å²) in [6, 6.07) is 9.55. The summed E-state index contributed by atoms with van der Waals surface area (Å²) in [7, 11) is 1.66. The first-order valence-corrected chi connectivity index (χ1v) is 9.28. The summed E-state index contributed by atoms with van der Waals surface area (Å²) in [6.45, 7) is 4.91. The van der Waals surface area contributed by atoms with Gasteiger partial charge in [0.2, 0.25) is 5.88 Å². The van der Waals surface area contributed by atoms with Crippen molar-refractivity contribution in [3.05, 3.63) is 46.6 Å². The predicted molar refractivity (Wildman–Crippen MR) is 103 cm³/mol. The largest absolute Gasteiger partial charge is 0.493 e. The van der Waals surface area contributed by atoms with Crippen LogP contribution in [0.2, 0.25) is 0 Å². The van der Waals surface area contributed by atoms with Crippen LogP contribution in [0.15, 0.2) is 41.0 Å². The van der Waals surface area contributed by atoms with Crippen molar-refractivity contribution in [1.29, 1.82) is 0 Å². The molecule has 1 aromatic carbocycles. The fourth-order valence-electron chi connectivity index (χ4n) is 2.29. The molecule has 6 heteroatoms. The van der Waals surface area contributed by atoms with E-state index in [2.05, 4.69) is 33.2 Å². The quantitative estimate of drug-likeness (QED) is 0.564. The Bertz CT molecular complexity index is 638. The van der Waals surface area contributed by atoms with E-state index >= 15 is 0 Å². The number of nitrogens with one attached hydrogen (secondary N) is 1. The van der Waals surface area contributed by atoms with E-state index in [4.69, 9.17) is 14.2 Å². The van der Waals surface area contributed by atoms with Gasteiger partial charge in [-0.15, -0.1) is 0 Å². The lowest BCUT2D eigenvalue weighted by Gasteiger charge is -2.17. The SMILES string of the molecule is CCCOc1c(OC)ccc(Br)c1CNCCCOc1ccccn1. The Labute approximate surface area is 157 Å². The Morgan fingerprint density at radius 2 is 2.00 bits per heavy atom. The van der Waals surface area contributed by atoms with Crippen LogP contribution in [0.25, 0.3) is 0 Å². The van der Waals surface area contributed by atoms with E-state index < -0.39 is 0 Å². The summed E-state index contributed by atoms with van der Waals surface area (Å²) >= 11 is 3.61. The van der Waals surface area contributed by atoms with Crippen molar-refractivity contribution < 1.29 is 14.2 Å². The van der Waals surface area contributed by atoms with E-state index in [1.807, 2.05) is 30.3 Å². The summed E-state index contributed by atoms with van der Waals surface area (Å²) < 4.78 is 17.9. The molecule has 0 radical (unpaired) electrons. The smallest absolute Gasteiger partial charge is 0.213 e. The van der Waals surface area contributed by atoms with Gasteiger partial charge in [0.05, 0.1) is 20.3 Å². The summed E-state index contributed by atoms with van der Waals surface area (Å²) in [6.07, 6.45) is 3.57. The molecule has 1 heterocycles. The number of hydrogen-bond acceptors (Lipinski definition) is 5. The van der Waals surface area contributed by atoms with Gasteiger partial charge in [0.25, 0.3) is 0 Å². The van der Waals surface area contributed by atoms with Crippen molar-refractivity contribution in [2.24, 2.45) is 0 Å². The number of nitrogens with zero attached hydrogens (tertiary/aromatic N) is 1. The van der Waals surface area contributed by atoms with Gasteiger partial charge in [-0.2, -0.15) is 0 Å². The number of pyridine rings is 1. The molecular weight excluding hydrogens is 384 g/mol. The van der Waals surface area contributed by atoms with Crippen LogP contribution >= 0.6 is 15.9 Å². The molecule has 0 aliphatic rings. The van der Waals surface area contributed by atoms with E-state index in [0.29, 0.717) is 25.6 Å². The molecule has 2 rings (SSSR count).